The molecule has 5 nitrogen and oxygen atoms in total. The molecule has 0 aliphatic carbocycles. The summed E-state index contributed by atoms with van der Waals surface area (Å²) >= 11 is 0. The van der Waals surface area contributed by atoms with E-state index in [-0.39, 0.29) is 12.3 Å². The highest BCUT2D eigenvalue weighted by atomic mass is 16.4. The molecule has 1 aliphatic rings. The van der Waals surface area contributed by atoms with Crippen LogP contribution in [0.15, 0.2) is 66.7 Å². The van der Waals surface area contributed by atoms with Crippen molar-refractivity contribution in [1.29, 1.82) is 0 Å². The largest absolute Gasteiger partial charge is 0.481 e. The summed E-state index contributed by atoms with van der Waals surface area (Å²) in [6.45, 7) is 2.87. The fourth-order valence-corrected chi connectivity index (χ4v) is 3.83. The van der Waals surface area contributed by atoms with Crippen molar-refractivity contribution in [2.45, 2.75) is 12.8 Å². The molecule has 1 saturated heterocycles. The summed E-state index contributed by atoms with van der Waals surface area (Å²) in [7, 11) is 0. The number of aliphatic carboxylic acids is 1. The molecule has 0 saturated carbocycles. The minimum atomic E-state index is -0.781. The van der Waals surface area contributed by atoms with E-state index in [2.05, 4.69) is 11.0 Å². The summed E-state index contributed by atoms with van der Waals surface area (Å²) in [4.78, 5) is 27.9. The summed E-state index contributed by atoms with van der Waals surface area (Å²) in [6, 6.07) is 22.0. The number of carbonyl (C=O) groups is 2. The number of hydrogen-bond donors (Lipinski definition) is 1. The fourth-order valence-electron chi connectivity index (χ4n) is 3.83. The number of anilines is 1. The summed E-state index contributed by atoms with van der Waals surface area (Å²) < 4.78 is 0. The maximum atomic E-state index is 12.9. The SMILES string of the molecule is O=C(O)CCc1cccc(N2CCN(C(=O)c3ccc4ccccc4c3)CC2)c1. The molecule has 5 heteroatoms. The Hall–Kier alpha value is -3.34. The topological polar surface area (TPSA) is 60.9 Å². The number of carboxylic acid groups (broad SMARTS) is 1. The van der Waals surface area contributed by atoms with E-state index in [0.717, 1.165) is 40.7 Å². The van der Waals surface area contributed by atoms with E-state index in [0.29, 0.717) is 19.5 Å². The number of hydrogen-bond acceptors (Lipinski definition) is 3. The van der Waals surface area contributed by atoms with Crippen molar-refractivity contribution in [3.05, 3.63) is 77.9 Å². The molecule has 1 fully saturated rings. The van der Waals surface area contributed by atoms with E-state index in [1.54, 1.807) is 0 Å². The quantitative estimate of drug-likeness (QED) is 0.722. The number of carboxylic acids is 1. The van der Waals surface area contributed by atoms with Crippen molar-refractivity contribution in [3.8, 4) is 0 Å². The van der Waals surface area contributed by atoms with Crippen molar-refractivity contribution in [1.82, 2.24) is 4.90 Å². The van der Waals surface area contributed by atoms with Gasteiger partial charge in [0.25, 0.3) is 5.91 Å². The Morgan fingerprint density at radius 1 is 0.828 bits per heavy atom. The van der Waals surface area contributed by atoms with Crippen molar-refractivity contribution in [2.24, 2.45) is 0 Å². The Kier molecular flexibility index (Phi) is 5.47. The first-order chi connectivity index (χ1) is 14.1. The summed E-state index contributed by atoms with van der Waals surface area (Å²) in [5, 5.41) is 11.1. The average molecular weight is 388 g/mol. The molecule has 0 radical (unpaired) electrons. The molecule has 0 aromatic heterocycles. The van der Waals surface area contributed by atoms with Gasteiger partial charge in [-0.2, -0.15) is 0 Å². The third-order valence-electron chi connectivity index (χ3n) is 5.47. The van der Waals surface area contributed by atoms with Gasteiger partial charge in [-0.05, 0) is 47.0 Å². The first kappa shape index (κ1) is 19.0. The number of benzene rings is 3. The molecular formula is C24H24N2O3. The Morgan fingerprint density at radius 3 is 2.34 bits per heavy atom. The van der Waals surface area contributed by atoms with Gasteiger partial charge in [0, 0.05) is 43.9 Å². The number of carbonyl (C=O) groups excluding carboxylic acids is 1. The van der Waals surface area contributed by atoms with E-state index in [1.807, 2.05) is 65.6 Å². The summed E-state index contributed by atoms with van der Waals surface area (Å²) in [6.07, 6.45) is 0.668. The molecule has 1 amide bonds. The molecule has 0 atom stereocenters. The molecule has 0 unspecified atom stereocenters. The van der Waals surface area contributed by atoms with Gasteiger partial charge >= 0.3 is 5.97 Å². The standard InChI is InChI=1S/C24H24N2O3/c27-23(28)11-8-18-4-3-7-22(16-18)25-12-14-26(15-13-25)24(29)21-10-9-19-5-1-2-6-20(19)17-21/h1-7,9-10,16-17H,8,11-15H2,(H,27,28). The van der Waals surface area contributed by atoms with Crippen LogP contribution in [-0.4, -0.2) is 48.1 Å². The van der Waals surface area contributed by atoms with Gasteiger partial charge in [0.2, 0.25) is 0 Å². The Labute approximate surface area is 170 Å². The van der Waals surface area contributed by atoms with Gasteiger partial charge in [0.05, 0.1) is 0 Å². The molecule has 148 valence electrons. The van der Waals surface area contributed by atoms with Crippen LogP contribution in [0.4, 0.5) is 5.69 Å². The molecule has 1 heterocycles. The second kappa shape index (κ2) is 8.35. The van der Waals surface area contributed by atoms with E-state index in [1.165, 1.54) is 0 Å². The zero-order valence-corrected chi connectivity index (χ0v) is 16.3. The van der Waals surface area contributed by atoms with Crippen LogP contribution in [0.1, 0.15) is 22.3 Å². The number of rotatable bonds is 5. The molecule has 0 spiro atoms. The third kappa shape index (κ3) is 4.40. The number of amides is 1. The monoisotopic (exact) mass is 388 g/mol. The predicted octanol–water partition coefficient (Wildman–Crippen LogP) is 3.82. The van der Waals surface area contributed by atoms with Crippen LogP contribution < -0.4 is 4.90 Å². The molecule has 3 aromatic carbocycles. The van der Waals surface area contributed by atoms with Gasteiger partial charge in [0.1, 0.15) is 0 Å². The van der Waals surface area contributed by atoms with E-state index in [9.17, 15) is 9.59 Å². The first-order valence-corrected chi connectivity index (χ1v) is 9.94. The second-order valence-corrected chi connectivity index (χ2v) is 7.40. The Bertz CT molecular complexity index is 1040. The van der Waals surface area contributed by atoms with Crippen LogP contribution in [0.25, 0.3) is 10.8 Å². The van der Waals surface area contributed by atoms with Crippen molar-refractivity contribution < 1.29 is 14.7 Å². The molecule has 0 bridgehead atoms. The molecule has 4 rings (SSSR count). The zero-order valence-electron chi connectivity index (χ0n) is 16.3. The lowest BCUT2D eigenvalue weighted by atomic mass is 10.1. The minimum Gasteiger partial charge on any atom is -0.481 e. The minimum absolute atomic E-state index is 0.0746. The van der Waals surface area contributed by atoms with Crippen molar-refractivity contribution in [2.75, 3.05) is 31.1 Å². The number of aryl methyl sites for hydroxylation is 1. The highest BCUT2D eigenvalue weighted by Crippen LogP contribution is 2.21. The first-order valence-electron chi connectivity index (χ1n) is 9.94. The van der Waals surface area contributed by atoms with Gasteiger partial charge in [-0.3, -0.25) is 9.59 Å². The van der Waals surface area contributed by atoms with Crippen LogP contribution in [0.2, 0.25) is 0 Å². The van der Waals surface area contributed by atoms with Crippen molar-refractivity contribution >= 4 is 28.3 Å². The maximum Gasteiger partial charge on any atom is 0.303 e. The molecule has 1 aliphatic heterocycles. The highest BCUT2D eigenvalue weighted by molar-refractivity contribution is 5.98. The number of fused-ring (bicyclic) bond motifs is 1. The van der Waals surface area contributed by atoms with Gasteiger partial charge in [-0.1, -0.05) is 42.5 Å². The van der Waals surface area contributed by atoms with E-state index >= 15 is 0 Å². The van der Waals surface area contributed by atoms with Crippen LogP contribution in [-0.2, 0) is 11.2 Å². The van der Waals surface area contributed by atoms with Crippen molar-refractivity contribution in [3.63, 3.8) is 0 Å². The van der Waals surface area contributed by atoms with Crippen LogP contribution in [0.3, 0.4) is 0 Å². The van der Waals surface area contributed by atoms with E-state index in [4.69, 9.17) is 5.11 Å². The predicted molar refractivity (Wildman–Crippen MR) is 114 cm³/mol. The smallest absolute Gasteiger partial charge is 0.303 e. The summed E-state index contributed by atoms with van der Waals surface area (Å²) in [5.41, 5.74) is 2.85. The van der Waals surface area contributed by atoms with Crippen LogP contribution in [0.5, 0.6) is 0 Å². The van der Waals surface area contributed by atoms with Gasteiger partial charge < -0.3 is 14.9 Å². The van der Waals surface area contributed by atoms with Gasteiger partial charge in [0.15, 0.2) is 0 Å². The average Bonchev–Trinajstić information content (AvgIpc) is 2.77. The molecular weight excluding hydrogens is 364 g/mol. The fraction of sp³-hybridized carbons (Fsp3) is 0.250. The van der Waals surface area contributed by atoms with E-state index < -0.39 is 5.97 Å². The maximum absolute atomic E-state index is 12.9. The molecule has 1 N–H and O–H groups in total. The molecule has 3 aromatic rings. The zero-order chi connectivity index (χ0) is 20.2. The molecule has 29 heavy (non-hydrogen) atoms. The number of nitrogens with zero attached hydrogens (tertiary/aromatic N) is 2. The lowest BCUT2D eigenvalue weighted by Gasteiger charge is -2.36. The van der Waals surface area contributed by atoms with Crippen LogP contribution >= 0.6 is 0 Å². The third-order valence-corrected chi connectivity index (χ3v) is 5.47. The highest BCUT2D eigenvalue weighted by Gasteiger charge is 2.22. The van der Waals surface area contributed by atoms with Gasteiger partial charge in [-0.25, -0.2) is 0 Å². The number of piperazine rings is 1. The Balaban J connectivity index is 1.40. The normalized spacial score (nSPS) is 14.2. The Morgan fingerprint density at radius 2 is 1.59 bits per heavy atom. The lowest BCUT2D eigenvalue weighted by Crippen LogP contribution is -2.48. The van der Waals surface area contributed by atoms with Crippen LogP contribution in [0, 0.1) is 0 Å². The lowest BCUT2D eigenvalue weighted by molar-refractivity contribution is -0.136. The summed E-state index contributed by atoms with van der Waals surface area (Å²) in [5.74, 6) is -0.707. The second-order valence-electron chi connectivity index (χ2n) is 7.40. The van der Waals surface area contributed by atoms with Gasteiger partial charge in [-0.15, -0.1) is 0 Å².